The lowest BCUT2D eigenvalue weighted by atomic mass is 9.65. The first-order chi connectivity index (χ1) is 36.7. The van der Waals surface area contributed by atoms with Crippen LogP contribution in [0.1, 0.15) is 31.8 Å². The first kappa shape index (κ1) is 33.0. The van der Waals surface area contributed by atoms with Gasteiger partial charge in [-0.25, -0.2) is 0 Å². The van der Waals surface area contributed by atoms with Gasteiger partial charge in [-0.05, 0) is 129 Å². The summed E-state index contributed by atoms with van der Waals surface area (Å²) in [6.45, 7) is 0. The molecule has 0 spiro atoms. The number of anilines is 6. The lowest BCUT2D eigenvalue weighted by Crippen LogP contribution is -2.29. The second-order valence-electron chi connectivity index (χ2n) is 17.0. The number of thiophene rings is 1. The van der Waals surface area contributed by atoms with E-state index in [2.05, 4.69) is 143 Å². The number of benzene rings is 11. The summed E-state index contributed by atoms with van der Waals surface area (Å²) in [5.41, 5.74) is 10.4. The van der Waals surface area contributed by atoms with Crippen LogP contribution >= 0.6 is 11.3 Å². The predicted molar refractivity (Wildman–Crippen MR) is 289 cm³/mol. The van der Waals surface area contributed by atoms with Crippen molar-refractivity contribution in [3.8, 4) is 22.3 Å². The first-order valence-electron chi connectivity index (χ1n) is 26.3. The van der Waals surface area contributed by atoms with E-state index in [0.29, 0.717) is 0 Å². The number of hydrogen-bond donors (Lipinski definition) is 0. The van der Waals surface area contributed by atoms with Crippen LogP contribution in [0.25, 0.3) is 53.2 Å². The third-order valence-electron chi connectivity index (χ3n) is 13.4. The summed E-state index contributed by atoms with van der Waals surface area (Å²) in [4.78, 5) is 4.50. The standard InChI is InChI=1S/C65H44N2S/c1-5-21-46(22-6-1)53-32-15-17-36-61(53)67(49-29-11-4-12-30-49)51-40-42-59-56(44-51)55-43-50(66(47-25-7-2-8-26-47)48-27-9-3-10-28-48)39-41-58(55)65(59,57-34-19-24-45-23-13-14-31-52(45)57)60-35-20-38-63-64(60)54-33-16-18-37-62(54)68-63/h1-44H/i13D,14D,19D,23D,24D,31D,34D. The van der Waals surface area contributed by atoms with Gasteiger partial charge in [0.1, 0.15) is 0 Å². The maximum atomic E-state index is 10.3. The molecule has 0 saturated heterocycles. The van der Waals surface area contributed by atoms with Crippen molar-refractivity contribution < 1.29 is 9.60 Å². The van der Waals surface area contributed by atoms with Gasteiger partial charge in [0.15, 0.2) is 0 Å². The summed E-state index contributed by atoms with van der Waals surface area (Å²) >= 11 is 1.67. The van der Waals surface area contributed by atoms with Crippen LogP contribution in [-0.2, 0) is 5.41 Å². The molecule has 0 fully saturated rings. The van der Waals surface area contributed by atoms with E-state index in [1.54, 1.807) is 11.3 Å². The van der Waals surface area contributed by atoms with Crippen molar-refractivity contribution in [1.29, 1.82) is 0 Å². The quantitative estimate of drug-likeness (QED) is 0.142. The molecule has 320 valence electrons. The summed E-state index contributed by atoms with van der Waals surface area (Å²) in [7, 11) is 0. The van der Waals surface area contributed by atoms with E-state index in [1.165, 1.54) is 0 Å². The molecule has 0 saturated carbocycles. The lowest BCUT2D eigenvalue weighted by Gasteiger charge is -2.36. The molecule has 1 aliphatic carbocycles. The molecule has 1 heterocycles. The summed E-state index contributed by atoms with van der Waals surface area (Å²) < 4.78 is 68.5. The molecular formula is C65H44N2S. The number of hydrogen-bond acceptors (Lipinski definition) is 3. The molecule has 1 unspecified atom stereocenters. The predicted octanol–water partition coefficient (Wildman–Crippen LogP) is 18.2. The Balaban J connectivity index is 1.22. The summed E-state index contributed by atoms with van der Waals surface area (Å²) in [6.07, 6.45) is 0. The Hall–Kier alpha value is -8.50. The molecule has 0 radical (unpaired) electrons. The van der Waals surface area contributed by atoms with Crippen LogP contribution < -0.4 is 9.80 Å². The fourth-order valence-corrected chi connectivity index (χ4v) is 11.7. The Bertz CT molecular complexity index is 4180. The smallest absolute Gasteiger partial charge is 0.0726 e. The Morgan fingerprint density at radius 2 is 0.897 bits per heavy atom. The van der Waals surface area contributed by atoms with Gasteiger partial charge in [0.2, 0.25) is 0 Å². The number of nitrogens with zero attached hydrogens (tertiary/aromatic N) is 2. The van der Waals surface area contributed by atoms with Crippen LogP contribution in [0.15, 0.2) is 267 Å². The molecular weight excluding hydrogens is 841 g/mol. The minimum absolute atomic E-state index is 0.0494. The maximum Gasteiger partial charge on any atom is 0.0726 e. The van der Waals surface area contributed by atoms with E-state index in [0.717, 1.165) is 93.2 Å². The third-order valence-corrected chi connectivity index (χ3v) is 14.5. The highest BCUT2D eigenvalue weighted by Gasteiger charge is 2.48. The minimum Gasteiger partial charge on any atom is -0.310 e. The Morgan fingerprint density at radius 1 is 0.353 bits per heavy atom. The van der Waals surface area contributed by atoms with Gasteiger partial charge in [0, 0.05) is 54.2 Å². The van der Waals surface area contributed by atoms with Crippen molar-refractivity contribution in [3.05, 3.63) is 289 Å². The van der Waals surface area contributed by atoms with Crippen LogP contribution in [-0.4, -0.2) is 0 Å². The second-order valence-corrected chi connectivity index (χ2v) is 18.1. The summed E-state index contributed by atoms with van der Waals surface area (Å²) in [5, 5.41) is 1.91. The molecule has 1 aliphatic rings. The van der Waals surface area contributed by atoms with Crippen LogP contribution in [0.3, 0.4) is 0 Å². The van der Waals surface area contributed by atoms with Crippen LogP contribution in [0, 0.1) is 0 Å². The van der Waals surface area contributed by atoms with Gasteiger partial charge in [-0.3, -0.25) is 0 Å². The number of rotatable bonds is 9. The monoisotopic (exact) mass is 891 g/mol. The van der Waals surface area contributed by atoms with Crippen molar-refractivity contribution in [2.75, 3.05) is 9.80 Å². The topological polar surface area (TPSA) is 6.48 Å². The first-order valence-corrected chi connectivity index (χ1v) is 23.6. The third kappa shape index (κ3) is 6.31. The van der Waals surface area contributed by atoms with E-state index in [9.17, 15) is 8.22 Å². The van der Waals surface area contributed by atoms with E-state index >= 15 is 0 Å². The fraction of sp³-hybridized carbons (Fsp3) is 0.0154. The van der Waals surface area contributed by atoms with Gasteiger partial charge in [-0.1, -0.05) is 188 Å². The molecule has 11 aromatic carbocycles. The molecule has 12 aromatic rings. The fourth-order valence-electron chi connectivity index (χ4n) is 10.6. The molecule has 2 nitrogen and oxygen atoms in total. The molecule has 68 heavy (non-hydrogen) atoms. The average molecular weight is 892 g/mol. The zero-order valence-corrected chi connectivity index (χ0v) is 37.5. The largest absolute Gasteiger partial charge is 0.310 e. The summed E-state index contributed by atoms with van der Waals surface area (Å²) in [6, 6.07) is 74.1. The minimum atomic E-state index is -1.49. The Kier molecular flexibility index (Phi) is 7.98. The van der Waals surface area contributed by atoms with Crippen molar-refractivity contribution in [2.45, 2.75) is 5.41 Å². The molecule has 3 heteroatoms. The lowest BCUT2D eigenvalue weighted by molar-refractivity contribution is 0.785. The van der Waals surface area contributed by atoms with E-state index in [-0.39, 0.29) is 28.4 Å². The molecule has 0 N–H and O–H groups in total. The molecule has 0 aliphatic heterocycles. The normalized spacial score (nSPS) is 15.4. The molecule has 13 rings (SSSR count). The van der Waals surface area contributed by atoms with Crippen LogP contribution in [0.2, 0.25) is 0 Å². The molecule has 0 bridgehead atoms. The average Bonchev–Trinajstić information content (AvgIpc) is 4.04. The zero-order valence-electron chi connectivity index (χ0n) is 43.7. The van der Waals surface area contributed by atoms with Crippen molar-refractivity contribution in [2.24, 2.45) is 0 Å². The highest BCUT2D eigenvalue weighted by atomic mass is 32.1. The van der Waals surface area contributed by atoms with Crippen molar-refractivity contribution >= 4 is 76.4 Å². The highest BCUT2D eigenvalue weighted by Crippen LogP contribution is 2.61. The van der Waals surface area contributed by atoms with Gasteiger partial charge in [0.25, 0.3) is 0 Å². The Morgan fingerprint density at radius 3 is 1.59 bits per heavy atom. The van der Waals surface area contributed by atoms with Gasteiger partial charge in [-0.2, -0.15) is 0 Å². The second kappa shape index (κ2) is 16.4. The SMILES string of the molecule is [2H]c1c([2H])c([2H])c2c(C3(c4cccc5sc6ccccc6c45)c4ccc(N(c5ccccc5)c5ccccc5)cc4-c4cc(N(c5ccccc5)c5ccccc5-c5ccccc5)ccc43)c([2H])c([2H])c([2H])c2c1[2H]. The van der Waals surface area contributed by atoms with Crippen LogP contribution in [0.4, 0.5) is 34.1 Å². The van der Waals surface area contributed by atoms with Gasteiger partial charge in [0.05, 0.1) is 20.7 Å². The maximum absolute atomic E-state index is 10.3. The van der Waals surface area contributed by atoms with Gasteiger partial charge >= 0.3 is 0 Å². The molecule has 1 aromatic heterocycles. The van der Waals surface area contributed by atoms with Gasteiger partial charge in [-0.15, -0.1) is 11.3 Å². The highest BCUT2D eigenvalue weighted by molar-refractivity contribution is 7.25. The van der Waals surface area contributed by atoms with Crippen LogP contribution in [0.5, 0.6) is 0 Å². The molecule has 1 atom stereocenters. The van der Waals surface area contributed by atoms with Crippen molar-refractivity contribution in [1.82, 2.24) is 0 Å². The van der Waals surface area contributed by atoms with E-state index in [1.807, 2.05) is 91.0 Å². The van der Waals surface area contributed by atoms with E-state index in [4.69, 9.17) is 1.37 Å². The number of fused-ring (bicyclic) bond motifs is 7. The van der Waals surface area contributed by atoms with Gasteiger partial charge < -0.3 is 9.80 Å². The van der Waals surface area contributed by atoms with Crippen molar-refractivity contribution in [3.63, 3.8) is 0 Å². The summed E-state index contributed by atoms with van der Waals surface area (Å²) in [5.74, 6) is 0. The number of para-hydroxylation sites is 4. The Labute approximate surface area is 410 Å². The molecule has 0 amide bonds. The zero-order chi connectivity index (χ0) is 51.1. The van der Waals surface area contributed by atoms with E-state index < -0.39 is 35.6 Å².